The Balaban J connectivity index is 1.88. The number of hydrogen-bond donors (Lipinski definition) is 1. The Morgan fingerprint density at radius 3 is 3.10 bits per heavy atom. The maximum Gasteiger partial charge on any atom is 0.277 e. The van der Waals surface area contributed by atoms with E-state index in [2.05, 4.69) is 22.6 Å². The Bertz CT molecular complexity index is 664. The number of fused-ring (bicyclic) bond motifs is 1. The molecule has 1 aliphatic rings. The van der Waals surface area contributed by atoms with E-state index in [1.165, 1.54) is 4.68 Å². The quantitative estimate of drug-likeness (QED) is 0.881. The third-order valence-electron chi connectivity index (χ3n) is 4.00. The highest BCUT2D eigenvalue weighted by Crippen LogP contribution is 2.17. The fourth-order valence-electron chi connectivity index (χ4n) is 2.84. The Labute approximate surface area is 123 Å². The van der Waals surface area contributed by atoms with Gasteiger partial charge in [0.2, 0.25) is 0 Å². The molecule has 2 heterocycles. The molecule has 6 heteroatoms. The third kappa shape index (κ3) is 2.96. The first-order chi connectivity index (χ1) is 10.3. The van der Waals surface area contributed by atoms with Crippen LogP contribution >= 0.6 is 0 Å². The summed E-state index contributed by atoms with van der Waals surface area (Å²) in [5.41, 5.74) is 0.561. The second kappa shape index (κ2) is 6.32. The van der Waals surface area contributed by atoms with Gasteiger partial charge in [-0.15, -0.1) is 5.10 Å². The first kappa shape index (κ1) is 14.2. The molecule has 1 saturated heterocycles. The van der Waals surface area contributed by atoms with Crippen molar-refractivity contribution in [3.8, 4) is 0 Å². The van der Waals surface area contributed by atoms with Crippen LogP contribution in [0.2, 0.25) is 0 Å². The molecule has 2 atom stereocenters. The smallest absolute Gasteiger partial charge is 0.277 e. The maximum atomic E-state index is 12.5. The number of rotatable bonds is 5. The molecule has 0 aliphatic carbocycles. The van der Waals surface area contributed by atoms with E-state index in [1.54, 1.807) is 12.1 Å². The third-order valence-corrected chi connectivity index (χ3v) is 4.00. The summed E-state index contributed by atoms with van der Waals surface area (Å²) >= 11 is 0. The summed E-state index contributed by atoms with van der Waals surface area (Å²) in [6.07, 6.45) is 1.02. The van der Waals surface area contributed by atoms with Gasteiger partial charge < -0.3 is 10.1 Å². The molecule has 0 radical (unpaired) electrons. The minimum absolute atomic E-state index is 0.0811. The average Bonchev–Trinajstić information content (AvgIpc) is 3.04. The van der Waals surface area contributed by atoms with E-state index in [4.69, 9.17) is 4.74 Å². The van der Waals surface area contributed by atoms with Crippen LogP contribution < -0.4 is 10.9 Å². The van der Waals surface area contributed by atoms with Crippen LogP contribution in [0.3, 0.4) is 0 Å². The molecule has 6 nitrogen and oxygen atoms in total. The monoisotopic (exact) mass is 288 g/mol. The summed E-state index contributed by atoms with van der Waals surface area (Å²) in [5.74, 6) is 0.421. The van der Waals surface area contributed by atoms with E-state index in [-0.39, 0.29) is 11.6 Å². The molecule has 2 unspecified atom stereocenters. The van der Waals surface area contributed by atoms with Crippen LogP contribution in [0.15, 0.2) is 29.1 Å². The maximum absolute atomic E-state index is 12.5. The zero-order valence-electron chi connectivity index (χ0n) is 12.2. The van der Waals surface area contributed by atoms with Gasteiger partial charge in [-0.3, -0.25) is 4.79 Å². The standard InChI is InChI=1S/C15H20N4O2/c1-2-16-14(11-7-8-21-10-11)9-19-15(20)12-5-3-4-6-13(12)17-18-19/h3-6,11,14,16H,2,7-10H2,1H3. The van der Waals surface area contributed by atoms with Crippen molar-refractivity contribution < 1.29 is 4.74 Å². The predicted molar refractivity (Wildman–Crippen MR) is 80.2 cm³/mol. The Morgan fingerprint density at radius 2 is 2.33 bits per heavy atom. The topological polar surface area (TPSA) is 69.0 Å². The highest BCUT2D eigenvalue weighted by atomic mass is 16.5. The van der Waals surface area contributed by atoms with Gasteiger partial charge in [-0.2, -0.15) is 0 Å². The number of nitrogens with one attached hydrogen (secondary N) is 1. The van der Waals surface area contributed by atoms with Crippen LogP contribution in [-0.4, -0.2) is 40.8 Å². The summed E-state index contributed by atoms with van der Waals surface area (Å²) in [6, 6.07) is 7.50. The van der Waals surface area contributed by atoms with Crippen molar-refractivity contribution in [2.45, 2.75) is 25.9 Å². The number of likely N-dealkylation sites (N-methyl/N-ethyl adjacent to an activating group) is 1. The van der Waals surface area contributed by atoms with Crippen LogP contribution in [0, 0.1) is 5.92 Å². The van der Waals surface area contributed by atoms with Crippen molar-refractivity contribution in [3.05, 3.63) is 34.6 Å². The lowest BCUT2D eigenvalue weighted by molar-refractivity contribution is 0.172. The highest BCUT2D eigenvalue weighted by Gasteiger charge is 2.26. The highest BCUT2D eigenvalue weighted by molar-refractivity contribution is 5.76. The molecular formula is C15H20N4O2. The van der Waals surface area contributed by atoms with Crippen molar-refractivity contribution in [1.29, 1.82) is 0 Å². The lowest BCUT2D eigenvalue weighted by Crippen LogP contribution is -2.43. The van der Waals surface area contributed by atoms with E-state index in [0.717, 1.165) is 26.2 Å². The number of benzene rings is 1. The summed E-state index contributed by atoms with van der Waals surface area (Å²) in [7, 11) is 0. The molecule has 0 spiro atoms. The van der Waals surface area contributed by atoms with E-state index in [1.807, 2.05) is 12.1 Å². The molecule has 1 aliphatic heterocycles. The molecule has 1 N–H and O–H groups in total. The van der Waals surface area contributed by atoms with Gasteiger partial charge in [0.1, 0.15) is 5.52 Å². The van der Waals surface area contributed by atoms with Crippen LogP contribution in [0.25, 0.3) is 10.9 Å². The van der Waals surface area contributed by atoms with Gasteiger partial charge in [-0.25, -0.2) is 4.68 Å². The van der Waals surface area contributed by atoms with Crippen LogP contribution in [0.5, 0.6) is 0 Å². The van der Waals surface area contributed by atoms with Gasteiger partial charge in [0.25, 0.3) is 5.56 Å². The van der Waals surface area contributed by atoms with Gasteiger partial charge in [0, 0.05) is 18.6 Å². The van der Waals surface area contributed by atoms with Gasteiger partial charge in [-0.1, -0.05) is 24.3 Å². The molecule has 1 aromatic carbocycles. The first-order valence-corrected chi connectivity index (χ1v) is 7.43. The average molecular weight is 288 g/mol. The lowest BCUT2D eigenvalue weighted by atomic mass is 9.99. The van der Waals surface area contributed by atoms with Crippen molar-refractivity contribution in [1.82, 2.24) is 20.3 Å². The molecule has 112 valence electrons. The van der Waals surface area contributed by atoms with Crippen molar-refractivity contribution in [3.63, 3.8) is 0 Å². The molecule has 1 fully saturated rings. The minimum Gasteiger partial charge on any atom is -0.381 e. The van der Waals surface area contributed by atoms with E-state index < -0.39 is 0 Å². The molecule has 3 rings (SSSR count). The fourth-order valence-corrected chi connectivity index (χ4v) is 2.84. The second-order valence-corrected chi connectivity index (χ2v) is 5.38. The Hall–Kier alpha value is -1.79. The molecule has 0 saturated carbocycles. The Kier molecular flexibility index (Phi) is 4.26. The molecule has 2 aromatic rings. The summed E-state index contributed by atoms with van der Waals surface area (Å²) < 4.78 is 6.93. The molecular weight excluding hydrogens is 268 g/mol. The number of aromatic nitrogens is 3. The second-order valence-electron chi connectivity index (χ2n) is 5.38. The normalized spacial score (nSPS) is 20.0. The molecule has 0 amide bonds. The number of ether oxygens (including phenoxy) is 1. The van der Waals surface area contributed by atoms with Crippen molar-refractivity contribution in [2.24, 2.45) is 5.92 Å². The SMILES string of the molecule is CCNC(Cn1nnc2ccccc2c1=O)C1CCOC1. The predicted octanol–water partition coefficient (Wildman–Crippen LogP) is 0.806. The summed E-state index contributed by atoms with van der Waals surface area (Å²) in [6.45, 7) is 4.99. The van der Waals surface area contributed by atoms with Gasteiger partial charge in [0.15, 0.2) is 0 Å². The van der Waals surface area contributed by atoms with Crippen LogP contribution in [0.1, 0.15) is 13.3 Å². The first-order valence-electron chi connectivity index (χ1n) is 7.43. The molecule has 21 heavy (non-hydrogen) atoms. The summed E-state index contributed by atoms with van der Waals surface area (Å²) in [5, 5.41) is 12.3. The van der Waals surface area contributed by atoms with Crippen LogP contribution in [0.4, 0.5) is 0 Å². The van der Waals surface area contributed by atoms with Gasteiger partial charge in [0.05, 0.1) is 18.5 Å². The van der Waals surface area contributed by atoms with Crippen molar-refractivity contribution >= 4 is 10.9 Å². The number of nitrogens with zero attached hydrogens (tertiary/aromatic N) is 3. The van der Waals surface area contributed by atoms with E-state index >= 15 is 0 Å². The van der Waals surface area contributed by atoms with Crippen molar-refractivity contribution in [2.75, 3.05) is 19.8 Å². The largest absolute Gasteiger partial charge is 0.381 e. The van der Waals surface area contributed by atoms with Gasteiger partial charge >= 0.3 is 0 Å². The minimum atomic E-state index is -0.0811. The van der Waals surface area contributed by atoms with Crippen LogP contribution in [-0.2, 0) is 11.3 Å². The molecule has 0 bridgehead atoms. The zero-order valence-corrected chi connectivity index (χ0v) is 12.2. The lowest BCUT2D eigenvalue weighted by Gasteiger charge is -2.23. The zero-order chi connectivity index (χ0) is 14.7. The van der Waals surface area contributed by atoms with E-state index in [0.29, 0.717) is 23.4 Å². The molecule has 1 aromatic heterocycles. The van der Waals surface area contributed by atoms with E-state index in [9.17, 15) is 4.79 Å². The summed E-state index contributed by atoms with van der Waals surface area (Å²) in [4.78, 5) is 12.5. The Morgan fingerprint density at radius 1 is 1.48 bits per heavy atom. The fraction of sp³-hybridized carbons (Fsp3) is 0.533. The van der Waals surface area contributed by atoms with Gasteiger partial charge in [-0.05, 0) is 25.1 Å². The number of hydrogen-bond acceptors (Lipinski definition) is 5.